The van der Waals surface area contributed by atoms with Crippen molar-refractivity contribution in [1.29, 1.82) is 0 Å². The summed E-state index contributed by atoms with van der Waals surface area (Å²) in [5.41, 5.74) is 5.53. The molecule has 2 N–H and O–H groups in total. The van der Waals surface area contributed by atoms with E-state index in [4.69, 9.17) is 5.73 Å². The molecule has 0 saturated heterocycles. The first kappa shape index (κ1) is 21.6. The third-order valence-corrected chi connectivity index (χ3v) is 3.30. The van der Waals surface area contributed by atoms with Gasteiger partial charge in [0.2, 0.25) is 0 Å². The van der Waals surface area contributed by atoms with Gasteiger partial charge in [0.1, 0.15) is 0 Å². The maximum atomic E-state index is 10.1. The van der Waals surface area contributed by atoms with Crippen LogP contribution in [0.15, 0.2) is 0 Å². The van der Waals surface area contributed by atoms with Crippen LogP contribution in [0.25, 0.3) is 0 Å². The lowest BCUT2D eigenvalue weighted by Gasteiger charge is -2.29. The largest absolute Gasteiger partial charge is 0.325 e. The van der Waals surface area contributed by atoms with E-state index >= 15 is 0 Å². The molecule has 0 bridgehead atoms. The smallest absolute Gasteiger partial charge is 0.294 e. The molecule has 24 heavy (non-hydrogen) atoms. The first-order valence-electron chi connectivity index (χ1n) is 7.36. The molecule has 0 fully saturated rings. The molecule has 0 unspecified atom stereocenters. The van der Waals surface area contributed by atoms with E-state index < -0.39 is 20.8 Å². The molecular formula is C11H22N4O9. The van der Waals surface area contributed by atoms with Gasteiger partial charge in [-0.05, 0) is 44.9 Å². The van der Waals surface area contributed by atoms with Gasteiger partial charge in [0.25, 0.3) is 15.3 Å². The summed E-state index contributed by atoms with van der Waals surface area (Å²) in [6.45, 7) is -0.235. The van der Waals surface area contributed by atoms with Crippen molar-refractivity contribution in [3.63, 3.8) is 0 Å². The Labute approximate surface area is 137 Å². The normalized spacial score (nSPS) is 10.9. The van der Waals surface area contributed by atoms with Crippen molar-refractivity contribution in [2.75, 3.05) is 19.8 Å². The van der Waals surface area contributed by atoms with Crippen molar-refractivity contribution < 1.29 is 29.8 Å². The van der Waals surface area contributed by atoms with Crippen molar-refractivity contribution in [2.24, 2.45) is 5.73 Å². The quantitative estimate of drug-likeness (QED) is 0.238. The molecule has 0 aromatic heterocycles. The zero-order valence-corrected chi connectivity index (χ0v) is 13.2. The minimum absolute atomic E-state index is 0.0437. The van der Waals surface area contributed by atoms with Gasteiger partial charge in [-0.25, -0.2) is 0 Å². The average Bonchev–Trinajstić information content (AvgIpc) is 2.47. The molecule has 0 rings (SSSR count). The van der Waals surface area contributed by atoms with E-state index in [0.717, 1.165) is 0 Å². The van der Waals surface area contributed by atoms with E-state index in [1.54, 1.807) is 0 Å². The Balaban J connectivity index is 4.20. The second kappa shape index (κ2) is 12.0. The standard InChI is InChI=1S/C11H22N4O9/c12-11(6-3-9-23-14(18)19,7-4-10-24-15(20)21)5-1-2-8-22-13(16)17/h1-10,12H2. The molecule has 0 aromatic carbocycles. The highest BCUT2D eigenvalue weighted by Crippen LogP contribution is 2.23. The fourth-order valence-electron chi connectivity index (χ4n) is 2.22. The molecule has 0 aliphatic rings. The molecular weight excluding hydrogens is 332 g/mol. The van der Waals surface area contributed by atoms with E-state index in [1.165, 1.54) is 0 Å². The van der Waals surface area contributed by atoms with Crippen LogP contribution in [-0.2, 0) is 14.5 Å². The monoisotopic (exact) mass is 354 g/mol. The Hall–Kier alpha value is -2.44. The Morgan fingerprint density at radius 3 is 1.38 bits per heavy atom. The highest BCUT2D eigenvalue weighted by atomic mass is 17.0. The Morgan fingerprint density at radius 2 is 1.00 bits per heavy atom. The van der Waals surface area contributed by atoms with E-state index in [9.17, 15) is 30.3 Å². The number of rotatable bonds is 16. The molecule has 0 aliphatic heterocycles. The predicted molar refractivity (Wildman–Crippen MR) is 78.1 cm³/mol. The number of nitrogens with two attached hydrogens (primary N) is 1. The van der Waals surface area contributed by atoms with Crippen molar-refractivity contribution in [2.45, 2.75) is 50.5 Å². The van der Waals surface area contributed by atoms with Gasteiger partial charge >= 0.3 is 0 Å². The van der Waals surface area contributed by atoms with Crippen molar-refractivity contribution in [3.8, 4) is 0 Å². The second-order valence-electron chi connectivity index (χ2n) is 5.20. The topological polar surface area (TPSA) is 183 Å². The predicted octanol–water partition coefficient (Wildman–Crippen LogP) is 1.04. The lowest BCUT2D eigenvalue weighted by atomic mass is 9.84. The Kier molecular flexibility index (Phi) is 10.8. The maximum absolute atomic E-state index is 10.1. The summed E-state index contributed by atoms with van der Waals surface area (Å²) in [5.74, 6) is 0. The zero-order chi connectivity index (χ0) is 18.4. The minimum atomic E-state index is -0.891. The summed E-state index contributed by atoms with van der Waals surface area (Å²) in [4.78, 5) is 42.9. The van der Waals surface area contributed by atoms with Crippen LogP contribution in [-0.4, -0.2) is 40.6 Å². The van der Waals surface area contributed by atoms with Crippen LogP contribution in [0.2, 0.25) is 0 Å². The Bertz CT molecular complexity index is 385. The van der Waals surface area contributed by atoms with Crippen LogP contribution in [0.4, 0.5) is 0 Å². The van der Waals surface area contributed by atoms with Crippen LogP contribution in [0.1, 0.15) is 44.9 Å². The Morgan fingerprint density at radius 1 is 0.667 bits per heavy atom. The lowest BCUT2D eigenvalue weighted by Crippen LogP contribution is -2.40. The minimum Gasteiger partial charge on any atom is -0.325 e. The van der Waals surface area contributed by atoms with Crippen LogP contribution in [0, 0.1) is 30.3 Å². The molecule has 13 nitrogen and oxygen atoms in total. The van der Waals surface area contributed by atoms with Gasteiger partial charge in [-0.15, -0.1) is 30.3 Å². The first-order valence-corrected chi connectivity index (χ1v) is 7.36. The van der Waals surface area contributed by atoms with Crippen LogP contribution in [0.3, 0.4) is 0 Å². The summed E-state index contributed by atoms with van der Waals surface area (Å²) >= 11 is 0. The third kappa shape index (κ3) is 13.2. The van der Waals surface area contributed by atoms with Crippen LogP contribution >= 0.6 is 0 Å². The molecule has 0 aliphatic carbocycles. The molecule has 0 radical (unpaired) electrons. The fourth-order valence-corrected chi connectivity index (χ4v) is 2.22. The molecule has 0 atom stereocenters. The first-order chi connectivity index (χ1) is 11.2. The van der Waals surface area contributed by atoms with Gasteiger partial charge in [0, 0.05) is 5.54 Å². The van der Waals surface area contributed by atoms with Crippen LogP contribution in [0.5, 0.6) is 0 Å². The van der Waals surface area contributed by atoms with Gasteiger partial charge in [0.15, 0.2) is 0 Å². The molecule has 0 spiro atoms. The molecule has 140 valence electrons. The van der Waals surface area contributed by atoms with Gasteiger partial charge in [-0.1, -0.05) is 0 Å². The molecule has 0 amide bonds. The third-order valence-electron chi connectivity index (χ3n) is 3.30. The molecule has 0 saturated carbocycles. The summed E-state index contributed by atoms with van der Waals surface area (Å²) in [5, 5.41) is 27.6. The van der Waals surface area contributed by atoms with Crippen molar-refractivity contribution in [3.05, 3.63) is 30.3 Å². The summed E-state index contributed by atoms with van der Waals surface area (Å²) in [6.07, 6.45) is 2.99. The van der Waals surface area contributed by atoms with E-state index in [-0.39, 0.29) is 19.8 Å². The van der Waals surface area contributed by atoms with E-state index in [0.29, 0.717) is 44.9 Å². The second-order valence-corrected chi connectivity index (χ2v) is 5.20. The van der Waals surface area contributed by atoms with Gasteiger partial charge < -0.3 is 20.2 Å². The number of hydrogen-bond donors (Lipinski definition) is 1. The zero-order valence-electron chi connectivity index (χ0n) is 13.2. The van der Waals surface area contributed by atoms with E-state index in [1.807, 2.05) is 0 Å². The van der Waals surface area contributed by atoms with Gasteiger partial charge in [0.05, 0.1) is 19.8 Å². The maximum Gasteiger partial charge on any atom is 0.294 e. The molecule has 13 heteroatoms. The van der Waals surface area contributed by atoms with E-state index in [2.05, 4.69) is 14.5 Å². The van der Waals surface area contributed by atoms with Crippen molar-refractivity contribution >= 4 is 0 Å². The summed E-state index contributed by atoms with van der Waals surface area (Å²) < 4.78 is 0. The molecule has 0 aromatic rings. The highest BCUT2D eigenvalue weighted by molar-refractivity contribution is 4.83. The van der Waals surface area contributed by atoms with Crippen LogP contribution < -0.4 is 5.73 Å². The lowest BCUT2D eigenvalue weighted by molar-refractivity contribution is -0.758. The van der Waals surface area contributed by atoms with Gasteiger partial charge in [-0.2, -0.15) is 0 Å². The molecule has 0 heterocycles. The summed E-state index contributed by atoms with van der Waals surface area (Å²) in [7, 11) is 0. The SMILES string of the molecule is NC(CCCCO[N+](=O)[O-])(CCCO[N+](=O)[O-])CCCO[N+](=O)[O-]. The average molecular weight is 354 g/mol. The number of nitrogens with zero attached hydrogens (tertiary/aromatic N) is 3. The van der Waals surface area contributed by atoms with Gasteiger partial charge in [-0.3, -0.25) is 0 Å². The fraction of sp³-hybridized carbons (Fsp3) is 1.00. The number of hydrogen-bond acceptors (Lipinski definition) is 10. The van der Waals surface area contributed by atoms with Crippen molar-refractivity contribution in [1.82, 2.24) is 0 Å². The number of unbranched alkanes of at least 4 members (excludes halogenated alkanes) is 1. The highest BCUT2D eigenvalue weighted by Gasteiger charge is 2.24. The summed E-state index contributed by atoms with van der Waals surface area (Å²) in [6, 6.07) is 0.